The Bertz CT molecular complexity index is 538. The molecule has 0 bridgehead atoms. The van der Waals surface area contributed by atoms with Crippen molar-refractivity contribution in [2.24, 2.45) is 0 Å². The van der Waals surface area contributed by atoms with E-state index >= 15 is 0 Å². The third-order valence-electron chi connectivity index (χ3n) is 2.22. The molecule has 0 saturated carbocycles. The summed E-state index contributed by atoms with van der Waals surface area (Å²) in [6.07, 6.45) is 3.84. The second-order valence-electron chi connectivity index (χ2n) is 3.43. The highest BCUT2D eigenvalue weighted by molar-refractivity contribution is 6.04. The van der Waals surface area contributed by atoms with Gasteiger partial charge >= 0.3 is 0 Å². The number of aromatic nitrogens is 1. The van der Waals surface area contributed by atoms with Crippen LogP contribution in [0.2, 0.25) is 0 Å². The Hall–Kier alpha value is -2.49. The van der Waals surface area contributed by atoms with E-state index in [0.29, 0.717) is 16.8 Å². The van der Waals surface area contributed by atoms with E-state index in [-0.39, 0.29) is 5.91 Å². The second kappa shape index (κ2) is 5.03. The summed E-state index contributed by atoms with van der Waals surface area (Å²) in [5, 5.41) is 2.71. The number of aldehydes is 1. The van der Waals surface area contributed by atoms with E-state index in [0.717, 1.165) is 6.29 Å². The van der Waals surface area contributed by atoms with Gasteiger partial charge in [-0.1, -0.05) is 12.1 Å². The van der Waals surface area contributed by atoms with Gasteiger partial charge in [-0.05, 0) is 24.3 Å². The Morgan fingerprint density at radius 2 is 1.94 bits per heavy atom. The number of carbonyl (C=O) groups is 2. The molecule has 1 heterocycles. The molecule has 0 unspecified atom stereocenters. The van der Waals surface area contributed by atoms with Crippen LogP contribution in [0.5, 0.6) is 0 Å². The topological polar surface area (TPSA) is 59.1 Å². The Balaban J connectivity index is 2.16. The minimum Gasteiger partial charge on any atom is -0.322 e. The van der Waals surface area contributed by atoms with Crippen LogP contribution < -0.4 is 5.32 Å². The highest BCUT2D eigenvalue weighted by atomic mass is 16.1. The molecule has 0 aliphatic heterocycles. The van der Waals surface area contributed by atoms with Gasteiger partial charge in [0.05, 0.1) is 0 Å². The smallest absolute Gasteiger partial charge is 0.255 e. The lowest BCUT2D eigenvalue weighted by atomic mass is 10.2. The summed E-state index contributed by atoms with van der Waals surface area (Å²) in [6.45, 7) is 0. The van der Waals surface area contributed by atoms with Gasteiger partial charge in [0.1, 0.15) is 6.29 Å². The largest absolute Gasteiger partial charge is 0.322 e. The SMILES string of the molecule is O=Cc1cccc(NC(=O)c2ccncc2)c1. The number of benzene rings is 1. The monoisotopic (exact) mass is 226 g/mol. The molecule has 2 rings (SSSR count). The molecule has 0 atom stereocenters. The van der Waals surface area contributed by atoms with Crippen LogP contribution in [-0.4, -0.2) is 17.2 Å². The van der Waals surface area contributed by atoms with Crippen LogP contribution in [0.4, 0.5) is 5.69 Å². The zero-order chi connectivity index (χ0) is 12.1. The molecule has 1 N–H and O–H groups in total. The number of rotatable bonds is 3. The minimum atomic E-state index is -0.226. The third-order valence-corrected chi connectivity index (χ3v) is 2.22. The molecule has 0 saturated heterocycles. The molecule has 0 fully saturated rings. The standard InChI is InChI=1S/C13H10N2O2/c16-9-10-2-1-3-12(8-10)15-13(17)11-4-6-14-7-5-11/h1-9H,(H,15,17). The first-order chi connectivity index (χ1) is 8.29. The molecule has 1 aromatic heterocycles. The van der Waals surface area contributed by atoms with E-state index in [1.165, 1.54) is 0 Å². The summed E-state index contributed by atoms with van der Waals surface area (Å²) in [5.74, 6) is -0.226. The lowest BCUT2D eigenvalue weighted by molar-refractivity contribution is 0.102. The van der Waals surface area contributed by atoms with Crippen molar-refractivity contribution in [2.45, 2.75) is 0 Å². The summed E-state index contributed by atoms with van der Waals surface area (Å²) in [4.78, 5) is 26.2. The third kappa shape index (κ3) is 2.75. The number of pyridine rings is 1. The minimum absolute atomic E-state index is 0.226. The number of hydrogen-bond acceptors (Lipinski definition) is 3. The summed E-state index contributed by atoms with van der Waals surface area (Å²) in [7, 11) is 0. The van der Waals surface area contributed by atoms with Crippen molar-refractivity contribution >= 4 is 17.9 Å². The summed E-state index contributed by atoms with van der Waals surface area (Å²) < 4.78 is 0. The number of nitrogens with one attached hydrogen (secondary N) is 1. The van der Waals surface area contributed by atoms with Crippen molar-refractivity contribution in [3.8, 4) is 0 Å². The maximum atomic E-state index is 11.8. The van der Waals surface area contributed by atoms with Crippen molar-refractivity contribution in [3.63, 3.8) is 0 Å². The van der Waals surface area contributed by atoms with E-state index in [9.17, 15) is 9.59 Å². The number of nitrogens with zero attached hydrogens (tertiary/aromatic N) is 1. The summed E-state index contributed by atoms with van der Waals surface area (Å²) in [6, 6.07) is 9.98. The quantitative estimate of drug-likeness (QED) is 0.816. The number of carbonyl (C=O) groups excluding carboxylic acids is 2. The molecule has 0 aliphatic rings. The Morgan fingerprint density at radius 1 is 1.18 bits per heavy atom. The predicted molar refractivity (Wildman–Crippen MR) is 64.0 cm³/mol. The van der Waals surface area contributed by atoms with Crippen molar-refractivity contribution < 1.29 is 9.59 Å². The fraction of sp³-hybridized carbons (Fsp3) is 0. The van der Waals surface area contributed by atoms with Gasteiger partial charge in [-0.15, -0.1) is 0 Å². The Morgan fingerprint density at radius 3 is 2.65 bits per heavy atom. The highest BCUT2D eigenvalue weighted by Gasteiger charge is 2.05. The van der Waals surface area contributed by atoms with Gasteiger partial charge in [0, 0.05) is 29.2 Å². The average molecular weight is 226 g/mol. The average Bonchev–Trinajstić information content (AvgIpc) is 2.40. The van der Waals surface area contributed by atoms with Gasteiger partial charge < -0.3 is 5.32 Å². The highest BCUT2D eigenvalue weighted by Crippen LogP contribution is 2.10. The number of anilines is 1. The van der Waals surface area contributed by atoms with E-state index < -0.39 is 0 Å². The van der Waals surface area contributed by atoms with Crippen LogP contribution in [0.15, 0.2) is 48.8 Å². The second-order valence-corrected chi connectivity index (χ2v) is 3.43. The van der Waals surface area contributed by atoms with E-state index in [2.05, 4.69) is 10.3 Å². The van der Waals surface area contributed by atoms with Crippen molar-refractivity contribution in [1.29, 1.82) is 0 Å². The first kappa shape index (κ1) is 11.0. The summed E-state index contributed by atoms with van der Waals surface area (Å²) in [5.41, 5.74) is 1.64. The van der Waals surface area contributed by atoms with Crippen molar-refractivity contribution in [3.05, 3.63) is 59.9 Å². The van der Waals surface area contributed by atoms with Gasteiger partial charge in [-0.3, -0.25) is 14.6 Å². The first-order valence-electron chi connectivity index (χ1n) is 5.06. The maximum absolute atomic E-state index is 11.8. The summed E-state index contributed by atoms with van der Waals surface area (Å²) >= 11 is 0. The normalized spacial score (nSPS) is 9.65. The van der Waals surface area contributed by atoms with Crippen LogP contribution in [0.25, 0.3) is 0 Å². The molecule has 4 heteroatoms. The van der Waals surface area contributed by atoms with E-state index in [1.807, 2.05) is 0 Å². The fourth-order valence-corrected chi connectivity index (χ4v) is 1.40. The zero-order valence-corrected chi connectivity index (χ0v) is 8.96. The van der Waals surface area contributed by atoms with Crippen molar-refractivity contribution in [2.75, 3.05) is 5.32 Å². The molecule has 1 aromatic carbocycles. The van der Waals surface area contributed by atoms with E-state index in [1.54, 1.807) is 48.8 Å². The predicted octanol–water partition coefficient (Wildman–Crippen LogP) is 2.15. The molecule has 1 amide bonds. The molecule has 2 aromatic rings. The Kier molecular flexibility index (Phi) is 3.25. The van der Waals surface area contributed by atoms with Crippen LogP contribution in [0.3, 0.4) is 0 Å². The van der Waals surface area contributed by atoms with Gasteiger partial charge in [0.25, 0.3) is 5.91 Å². The van der Waals surface area contributed by atoms with Gasteiger partial charge in [0.2, 0.25) is 0 Å². The number of amides is 1. The molecule has 0 spiro atoms. The van der Waals surface area contributed by atoms with Gasteiger partial charge in [0.15, 0.2) is 0 Å². The molecule has 84 valence electrons. The molecular formula is C13H10N2O2. The van der Waals surface area contributed by atoms with Crippen LogP contribution in [-0.2, 0) is 0 Å². The molecule has 4 nitrogen and oxygen atoms in total. The molecule has 0 radical (unpaired) electrons. The van der Waals surface area contributed by atoms with Gasteiger partial charge in [-0.25, -0.2) is 0 Å². The molecular weight excluding hydrogens is 216 g/mol. The molecule has 0 aliphatic carbocycles. The van der Waals surface area contributed by atoms with Crippen molar-refractivity contribution in [1.82, 2.24) is 4.98 Å². The number of hydrogen-bond donors (Lipinski definition) is 1. The lowest BCUT2D eigenvalue weighted by Crippen LogP contribution is -2.11. The van der Waals surface area contributed by atoms with Crippen LogP contribution in [0, 0.1) is 0 Å². The van der Waals surface area contributed by atoms with Crippen LogP contribution in [0.1, 0.15) is 20.7 Å². The lowest BCUT2D eigenvalue weighted by Gasteiger charge is -2.05. The molecule has 17 heavy (non-hydrogen) atoms. The maximum Gasteiger partial charge on any atom is 0.255 e. The zero-order valence-electron chi connectivity index (χ0n) is 8.96. The fourth-order valence-electron chi connectivity index (χ4n) is 1.40. The first-order valence-corrected chi connectivity index (χ1v) is 5.06. The van der Waals surface area contributed by atoms with Crippen LogP contribution >= 0.6 is 0 Å². The Labute approximate surface area is 98.3 Å². The van der Waals surface area contributed by atoms with Gasteiger partial charge in [-0.2, -0.15) is 0 Å². The van der Waals surface area contributed by atoms with E-state index in [4.69, 9.17) is 0 Å².